The normalized spacial score (nSPS) is 13.9. The van der Waals surface area contributed by atoms with Crippen molar-refractivity contribution in [2.24, 2.45) is 5.92 Å². The number of likely N-dealkylation sites (tertiary alicyclic amines) is 1. The number of nitrogens with one attached hydrogen (secondary N) is 2. The molecule has 2 aromatic carbocycles. The second-order valence-electron chi connectivity index (χ2n) is 8.03. The predicted octanol–water partition coefficient (Wildman–Crippen LogP) is 4.10. The molecule has 1 fully saturated rings. The number of anilines is 1. The quantitative estimate of drug-likeness (QED) is 0.448. The third kappa shape index (κ3) is 7.54. The Balaban J connectivity index is 1.47. The topological polar surface area (TPSA) is 79.9 Å². The smallest absolute Gasteiger partial charge is 0.257 e. The number of hydrogen-bond donors (Lipinski definition) is 2. The molecule has 0 aromatic heterocycles. The number of piperidine rings is 1. The van der Waals surface area contributed by atoms with Crippen LogP contribution in [0.25, 0.3) is 0 Å². The summed E-state index contributed by atoms with van der Waals surface area (Å²) in [4.78, 5) is 27.0. The maximum absolute atomic E-state index is 12.7. The fourth-order valence-electron chi connectivity index (χ4n) is 3.49. The molecule has 33 heavy (non-hydrogen) atoms. The summed E-state index contributed by atoms with van der Waals surface area (Å²) in [6, 6.07) is 13.9. The zero-order valence-electron chi connectivity index (χ0n) is 19.1. The van der Waals surface area contributed by atoms with E-state index < -0.39 is 0 Å². The van der Waals surface area contributed by atoms with Crippen LogP contribution >= 0.6 is 12.2 Å². The van der Waals surface area contributed by atoms with Crippen LogP contribution in [0.3, 0.4) is 0 Å². The van der Waals surface area contributed by atoms with E-state index in [1.807, 2.05) is 11.8 Å². The van der Waals surface area contributed by atoms with Gasteiger partial charge in [0.15, 0.2) is 5.11 Å². The highest BCUT2D eigenvalue weighted by Crippen LogP contribution is 2.19. The Bertz CT molecular complexity index is 939. The average molecular weight is 470 g/mol. The number of rotatable bonds is 8. The molecule has 0 saturated carbocycles. The van der Waals surface area contributed by atoms with Crippen molar-refractivity contribution in [2.45, 2.75) is 26.7 Å². The fourth-order valence-corrected chi connectivity index (χ4v) is 3.70. The van der Waals surface area contributed by atoms with E-state index in [0.29, 0.717) is 48.3 Å². The summed E-state index contributed by atoms with van der Waals surface area (Å²) in [5.74, 6) is 1.07. The maximum atomic E-state index is 12.7. The van der Waals surface area contributed by atoms with E-state index in [-0.39, 0.29) is 16.9 Å². The van der Waals surface area contributed by atoms with Crippen molar-refractivity contribution in [3.63, 3.8) is 0 Å². The van der Waals surface area contributed by atoms with Gasteiger partial charge in [-0.1, -0.05) is 6.92 Å². The summed E-state index contributed by atoms with van der Waals surface area (Å²) >= 11 is 5.26. The minimum absolute atomic E-state index is 0.0506. The number of hydrogen-bond acceptors (Lipinski definition) is 5. The van der Waals surface area contributed by atoms with Crippen molar-refractivity contribution in [3.8, 4) is 5.75 Å². The zero-order chi connectivity index (χ0) is 23.6. The second kappa shape index (κ2) is 12.3. The van der Waals surface area contributed by atoms with Gasteiger partial charge in [-0.05, 0) is 86.4 Å². The number of carbonyl (C=O) groups is 2. The van der Waals surface area contributed by atoms with E-state index in [9.17, 15) is 9.59 Å². The van der Waals surface area contributed by atoms with Crippen LogP contribution in [-0.2, 0) is 4.74 Å². The monoisotopic (exact) mass is 469 g/mol. The van der Waals surface area contributed by atoms with Crippen molar-refractivity contribution in [2.75, 3.05) is 38.2 Å². The summed E-state index contributed by atoms with van der Waals surface area (Å²) in [7, 11) is 0. The maximum Gasteiger partial charge on any atom is 0.257 e. The third-order valence-corrected chi connectivity index (χ3v) is 5.71. The number of nitrogens with zero attached hydrogens (tertiary/aromatic N) is 1. The van der Waals surface area contributed by atoms with Crippen molar-refractivity contribution in [3.05, 3.63) is 59.7 Å². The van der Waals surface area contributed by atoms with Crippen LogP contribution in [0, 0.1) is 5.92 Å². The van der Waals surface area contributed by atoms with E-state index in [4.69, 9.17) is 21.7 Å². The van der Waals surface area contributed by atoms with Crippen LogP contribution in [-0.4, -0.2) is 54.7 Å². The highest BCUT2D eigenvalue weighted by Gasteiger charge is 2.21. The number of amides is 2. The molecular weight excluding hydrogens is 438 g/mol. The standard InChI is InChI=1S/C25H31N3O4S/c1-3-31-16-17-32-22-10-6-19(7-11-22)23(29)27-25(33)26-21-8-4-20(5-9-21)24(30)28-14-12-18(2)13-15-28/h4-11,18H,3,12-17H2,1-2H3,(H2,26,27,29,33). The van der Waals surface area contributed by atoms with Gasteiger partial charge in [-0.15, -0.1) is 0 Å². The molecule has 1 heterocycles. The van der Waals surface area contributed by atoms with E-state index in [1.54, 1.807) is 48.5 Å². The molecule has 0 radical (unpaired) electrons. The highest BCUT2D eigenvalue weighted by molar-refractivity contribution is 7.80. The van der Waals surface area contributed by atoms with E-state index >= 15 is 0 Å². The van der Waals surface area contributed by atoms with Crippen LogP contribution in [0.1, 0.15) is 47.4 Å². The van der Waals surface area contributed by atoms with Gasteiger partial charge in [-0.25, -0.2) is 0 Å². The number of carbonyl (C=O) groups excluding carboxylic acids is 2. The lowest BCUT2D eigenvalue weighted by molar-refractivity contribution is 0.0697. The minimum atomic E-state index is -0.320. The molecule has 0 bridgehead atoms. The molecule has 1 aliphatic rings. The van der Waals surface area contributed by atoms with Crippen LogP contribution in [0.5, 0.6) is 5.75 Å². The molecular formula is C25H31N3O4S. The van der Waals surface area contributed by atoms with Crippen LogP contribution in [0.15, 0.2) is 48.5 Å². The lowest BCUT2D eigenvalue weighted by atomic mass is 9.98. The highest BCUT2D eigenvalue weighted by atomic mass is 32.1. The van der Waals surface area contributed by atoms with Gasteiger partial charge in [0.05, 0.1) is 6.61 Å². The summed E-state index contributed by atoms with van der Waals surface area (Å²) < 4.78 is 10.8. The van der Waals surface area contributed by atoms with Gasteiger partial charge in [0.1, 0.15) is 12.4 Å². The Morgan fingerprint density at radius 2 is 1.64 bits per heavy atom. The fraction of sp³-hybridized carbons (Fsp3) is 0.400. The largest absolute Gasteiger partial charge is 0.491 e. The van der Waals surface area contributed by atoms with Crippen molar-refractivity contribution in [1.29, 1.82) is 0 Å². The molecule has 3 rings (SSSR count). The SMILES string of the molecule is CCOCCOc1ccc(C(=O)NC(=S)Nc2ccc(C(=O)N3CCC(C)CC3)cc2)cc1. The Morgan fingerprint density at radius 3 is 2.27 bits per heavy atom. The Morgan fingerprint density at radius 1 is 1.00 bits per heavy atom. The van der Waals surface area contributed by atoms with Gasteiger partial charge in [-0.3, -0.25) is 14.9 Å². The van der Waals surface area contributed by atoms with Crippen LogP contribution < -0.4 is 15.4 Å². The number of benzene rings is 2. The van der Waals surface area contributed by atoms with Gasteiger partial charge in [-0.2, -0.15) is 0 Å². The van der Waals surface area contributed by atoms with Crippen molar-refractivity contribution in [1.82, 2.24) is 10.2 Å². The molecule has 176 valence electrons. The molecule has 0 aliphatic carbocycles. The van der Waals surface area contributed by atoms with Gasteiger partial charge in [0.2, 0.25) is 0 Å². The van der Waals surface area contributed by atoms with Gasteiger partial charge in [0, 0.05) is 36.5 Å². The molecule has 0 spiro atoms. The minimum Gasteiger partial charge on any atom is -0.491 e. The predicted molar refractivity (Wildman–Crippen MR) is 133 cm³/mol. The first-order valence-electron chi connectivity index (χ1n) is 11.3. The molecule has 2 N–H and O–H groups in total. The summed E-state index contributed by atoms with van der Waals surface area (Å²) in [6.07, 6.45) is 2.09. The molecule has 8 heteroatoms. The second-order valence-corrected chi connectivity index (χ2v) is 8.44. The van der Waals surface area contributed by atoms with Crippen molar-refractivity contribution >= 4 is 34.8 Å². The van der Waals surface area contributed by atoms with Crippen LogP contribution in [0.4, 0.5) is 5.69 Å². The third-order valence-electron chi connectivity index (χ3n) is 5.50. The molecule has 0 unspecified atom stereocenters. The molecule has 2 amide bonds. The molecule has 0 atom stereocenters. The van der Waals surface area contributed by atoms with E-state index in [2.05, 4.69) is 17.6 Å². The Hall–Kier alpha value is -2.97. The first-order valence-corrected chi connectivity index (χ1v) is 11.7. The summed E-state index contributed by atoms with van der Waals surface area (Å²) in [5.41, 5.74) is 1.81. The first-order chi connectivity index (χ1) is 16.0. The van der Waals surface area contributed by atoms with Crippen molar-refractivity contribution < 1.29 is 19.1 Å². The lowest BCUT2D eigenvalue weighted by Crippen LogP contribution is -2.37. The zero-order valence-corrected chi connectivity index (χ0v) is 20.0. The molecule has 1 saturated heterocycles. The number of thiocarbonyl (C=S) groups is 1. The molecule has 7 nitrogen and oxygen atoms in total. The molecule has 2 aromatic rings. The first kappa shape index (κ1) is 24.7. The average Bonchev–Trinajstić information content (AvgIpc) is 2.82. The van der Waals surface area contributed by atoms with Gasteiger partial charge in [0.25, 0.3) is 11.8 Å². The van der Waals surface area contributed by atoms with E-state index in [0.717, 1.165) is 25.9 Å². The Labute approximate surface area is 200 Å². The Kier molecular flexibility index (Phi) is 9.21. The summed E-state index contributed by atoms with van der Waals surface area (Å²) in [5, 5.41) is 5.83. The summed E-state index contributed by atoms with van der Waals surface area (Å²) in [6.45, 7) is 7.38. The lowest BCUT2D eigenvalue weighted by Gasteiger charge is -2.30. The van der Waals surface area contributed by atoms with Crippen LogP contribution in [0.2, 0.25) is 0 Å². The van der Waals surface area contributed by atoms with E-state index in [1.165, 1.54) is 0 Å². The van der Waals surface area contributed by atoms with Gasteiger partial charge < -0.3 is 19.7 Å². The van der Waals surface area contributed by atoms with Gasteiger partial charge >= 0.3 is 0 Å². The number of ether oxygens (including phenoxy) is 2. The molecule has 1 aliphatic heterocycles.